The summed E-state index contributed by atoms with van der Waals surface area (Å²) in [7, 11) is 0. The monoisotopic (exact) mass is 462 g/mol. The smallest absolute Gasteiger partial charge is 0.326 e. The van der Waals surface area contributed by atoms with Crippen molar-refractivity contribution >= 4 is 22.8 Å². The highest BCUT2D eigenvalue weighted by Crippen LogP contribution is 2.32. The fraction of sp³-hybridized carbons (Fsp3) is 0.208. The van der Waals surface area contributed by atoms with Crippen molar-refractivity contribution in [3.8, 4) is 17.2 Å². The number of nitrogens with one attached hydrogen (secondary N) is 1. The normalized spacial score (nSPS) is 10.9. The molecule has 0 saturated carbocycles. The van der Waals surface area contributed by atoms with Gasteiger partial charge in [0.25, 0.3) is 0 Å². The minimum Gasteiger partial charge on any atom is -0.465 e. The highest BCUT2D eigenvalue weighted by atomic mass is 16.5. The van der Waals surface area contributed by atoms with Crippen LogP contribution in [0.25, 0.3) is 16.7 Å². The first kappa shape index (κ1) is 22.7. The number of benzene rings is 2. The zero-order valence-electron chi connectivity index (χ0n) is 18.6. The van der Waals surface area contributed by atoms with Crippen molar-refractivity contribution in [2.24, 2.45) is 0 Å². The Labute approximate surface area is 193 Å². The number of H-pyrrole nitrogens is 1. The van der Waals surface area contributed by atoms with E-state index in [1.54, 1.807) is 73.5 Å². The second-order valence-electron chi connectivity index (χ2n) is 7.36. The summed E-state index contributed by atoms with van der Waals surface area (Å²) < 4.78 is 13.8. The van der Waals surface area contributed by atoms with Gasteiger partial charge in [-0.05, 0) is 37.3 Å². The molecule has 1 N–H and O–H groups in total. The third kappa shape index (κ3) is 4.51. The number of rotatable bonds is 8. The Morgan fingerprint density at radius 2 is 1.85 bits per heavy atom. The largest absolute Gasteiger partial charge is 0.465 e. The molecule has 0 aliphatic rings. The Hall–Kier alpha value is -4.47. The van der Waals surface area contributed by atoms with E-state index in [0.29, 0.717) is 40.2 Å². The Balaban J connectivity index is 1.85. The molecule has 0 amide bonds. The number of aromatic nitrogens is 4. The maximum atomic E-state index is 12.5. The average molecular weight is 462 g/mol. The van der Waals surface area contributed by atoms with Crippen LogP contribution in [0.5, 0.6) is 11.5 Å². The van der Waals surface area contributed by atoms with E-state index in [4.69, 9.17) is 9.47 Å². The number of ketones is 1. The zero-order chi connectivity index (χ0) is 24.2. The number of Topliss-reactive ketones (excluding diaryl/α,β-unsaturated/α-hetero) is 1. The third-order valence-electron chi connectivity index (χ3n) is 5.16. The molecule has 0 spiro atoms. The number of fused-ring (bicyclic) bond motifs is 1. The second kappa shape index (κ2) is 9.57. The van der Waals surface area contributed by atoms with Gasteiger partial charge in [0, 0.05) is 30.4 Å². The number of hydrogen-bond acceptors (Lipinski definition) is 7. The Morgan fingerprint density at radius 3 is 2.50 bits per heavy atom. The quantitative estimate of drug-likeness (QED) is 0.242. The molecule has 4 rings (SSSR count). The van der Waals surface area contributed by atoms with Crippen LogP contribution in [0, 0.1) is 0 Å². The molecule has 0 aliphatic heterocycles. The molecule has 10 nitrogen and oxygen atoms in total. The summed E-state index contributed by atoms with van der Waals surface area (Å²) in [5.41, 5.74) is -0.0380. The van der Waals surface area contributed by atoms with Gasteiger partial charge >= 0.3 is 17.1 Å². The van der Waals surface area contributed by atoms with Gasteiger partial charge in [-0.1, -0.05) is 6.92 Å². The molecule has 0 fully saturated rings. The zero-order valence-corrected chi connectivity index (χ0v) is 18.6. The average Bonchev–Trinajstić information content (AvgIpc) is 3.37. The van der Waals surface area contributed by atoms with Gasteiger partial charge in [-0.2, -0.15) is 0 Å². The van der Waals surface area contributed by atoms with E-state index in [0.717, 1.165) is 4.57 Å². The number of ether oxygens (including phenoxy) is 2. The number of imidazole rings is 1. The lowest BCUT2D eigenvalue weighted by molar-refractivity contribution is -0.143. The highest BCUT2D eigenvalue weighted by molar-refractivity contribution is 5.95. The molecule has 4 aromatic rings. The number of esters is 1. The Kier molecular flexibility index (Phi) is 6.39. The minimum atomic E-state index is -0.874. The van der Waals surface area contributed by atoms with E-state index in [-0.39, 0.29) is 12.4 Å². The van der Waals surface area contributed by atoms with E-state index >= 15 is 0 Å². The molecule has 0 unspecified atom stereocenters. The van der Waals surface area contributed by atoms with Crippen molar-refractivity contribution in [2.45, 2.75) is 26.8 Å². The Bertz CT molecular complexity index is 1470. The predicted molar refractivity (Wildman–Crippen MR) is 124 cm³/mol. The lowest BCUT2D eigenvalue weighted by atomic mass is 10.1. The number of carbonyl (C=O) groups is 2. The van der Waals surface area contributed by atoms with E-state index in [1.807, 2.05) is 0 Å². The van der Waals surface area contributed by atoms with E-state index in [1.165, 1.54) is 0 Å². The van der Waals surface area contributed by atoms with E-state index in [9.17, 15) is 19.2 Å². The summed E-state index contributed by atoms with van der Waals surface area (Å²) in [5, 5.41) is 0. The SMILES string of the molecule is CCOC(=O)Cn1c(=O)c(=O)[nH]c2cc(Oc3ccc(C(=O)CC)cc3)c(-n3ccnc3)cc21. The lowest BCUT2D eigenvalue weighted by Gasteiger charge is -2.16. The molecule has 174 valence electrons. The van der Waals surface area contributed by atoms with Gasteiger partial charge in [-0.25, -0.2) is 4.98 Å². The molecule has 34 heavy (non-hydrogen) atoms. The predicted octanol–water partition coefficient (Wildman–Crippen LogP) is 2.82. The molecule has 0 aliphatic carbocycles. The minimum absolute atomic E-state index is 0.0218. The first-order chi connectivity index (χ1) is 16.4. The summed E-state index contributed by atoms with van der Waals surface area (Å²) in [6, 6.07) is 9.90. The third-order valence-corrected chi connectivity index (χ3v) is 5.16. The van der Waals surface area contributed by atoms with Gasteiger partial charge in [0.05, 0.1) is 29.7 Å². The summed E-state index contributed by atoms with van der Waals surface area (Å²) >= 11 is 0. The van der Waals surface area contributed by atoms with Crippen molar-refractivity contribution < 1.29 is 19.1 Å². The van der Waals surface area contributed by atoms with Crippen LogP contribution in [-0.4, -0.2) is 37.5 Å². The molecule has 0 radical (unpaired) electrons. The fourth-order valence-corrected chi connectivity index (χ4v) is 3.51. The second-order valence-corrected chi connectivity index (χ2v) is 7.36. The number of carbonyl (C=O) groups excluding carboxylic acids is 2. The van der Waals surface area contributed by atoms with E-state index in [2.05, 4.69) is 9.97 Å². The Morgan fingerprint density at radius 1 is 1.09 bits per heavy atom. The van der Waals surface area contributed by atoms with Crippen molar-refractivity contribution in [3.63, 3.8) is 0 Å². The summed E-state index contributed by atoms with van der Waals surface area (Å²) in [6.45, 7) is 3.18. The summed E-state index contributed by atoms with van der Waals surface area (Å²) in [4.78, 5) is 55.4. The number of nitrogens with zero attached hydrogens (tertiary/aromatic N) is 3. The first-order valence-corrected chi connectivity index (χ1v) is 10.7. The summed E-state index contributed by atoms with van der Waals surface area (Å²) in [5.74, 6) is 0.212. The molecular weight excluding hydrogens is 440 g/mol. The molecule has 2 heterocycles. The van der Waals surface area contributed by atoms with Crippen LogP contribution in [0.3, 0.4) is 0 Å². The van der Waals surface area contributed by atoms with Crippen LogP contribution < -0.4 is 15.9 Å². The number of hydrogen-bond donors (Lipinski definition) is 1. The summed E-state index contributed by atoms with van der Waals surface area (Å²) in [6.07, 6.45) is 5.22. The highest BCUT2D eigenvalue weighted by Gasteiger charge is 2.17. The lowest BCUT2D eigenvalue weighted by Crippen LogP contribution is -2.38. The van der Waals surface area contributed by atoms with Crippen molar-refractivity contribution in [1.29, 1.82) is 0 Å². The van der Waals surface area contributed by atoms with Crippen LogP contribution in [0.1, 0.15) is 30.6 Å². The first-order valence-electron chi connectivity index (χ1n) is 10.7. The van der Waals surface area contributed by atoms with Crippen LogP contribution >= 0.6 is 0 Å². The van der Waals surface area contributed by atoms with Gasteiger partial charge in [0.15, 0.2) is 11.5 Å². The van der Waals surface area contributed by atoms with Gasteiger partial charge < -0.3 is 19.0 Å². The van der Waals surface area contributed by atoms with Crippen molar-refractivity contribution in [1.82, 2.24) is 19.1 Å². The van der Waals surface area contributed by atoms with Crippen molar-refractivity contribution in [2.75, 3.05) is 6.61 Å². The van der Waals surface area contributed by atoms with Gasteiger partial charge in [-0.3, -0.25) is 23.7 Å². The fourth-order valence-electron chi connectivity index (χ4n) is 3.51. The maximum absolute atomic E-state index is 12.5. The molecule has 2 aromatic heterocycles. The molecule has 0 bridgehead atoms. The van der Waals surface area contributed by atoms with Gasteiger partial charge in [0.1, 0.15) is 12.3 Å². The molecule has 0 saturated heterocycles. The topological polar surface area (TPSA) is 125 Å². The molecule has 10 heteroatoms. The van der Waals surface area contributed by atoms with Crippen LogP contribution in [0.2, 0.25) is 0 Å². The van der Waals surface area contributed by atoms with Gasteiger partial charge in [-0.15, -0.1) is 0 Å². The standard InChI is InChI=1S/C24H22N4O6/c1-3-20(29)15-5-7-16(8-6-15)34-21-11-17-18(12-19(21)27-10-9-25-14-27)28(13-22(30)33-4-2)24(32)23(31)26-17/h5-12,14H,3-4,13H2,1-2H3,(H,26,31). The van der Waals surface area contributed by atoms with Crippen LogP contribution in [-0.2, 0) is 16.1 Å². The van der Waals surface area contributed by atoms with Gasteiger partial charge in [0.2, 0.25) is 0 Å². The van der Waals surface area contributed by atoms with E-state index < -0.39 is 23.6 Å². The number of aromatic amines is 1. The van der Waals surface area contributed by atoms with Crippen molar-refractivity contribution in [3.05, 3.63) is 81.4 Å². The van der Waals surface area contributed by atoms with Crippen LogP contribution in [0.4, 0.5) is 0 Å². The van der Waals surface area contributed by atoms with Crippen LogP contribution in [0.15, 0.2) is 64.7 Å². The maximum Gasteiger partial charge on any atom is 0.326 e. The molecular formula is C24H22N4O6. The molecule has 0 atom stereocenters. The molecule has 2 aromatic carbocycles.